The van der Waals surface area contributed by atoms with E-state index in [4.69, 9.17) is 5.26 Å². The highest BCUT2D eigenvalue weighted by molar-refractivity contribution is 5.60. The van der Waals surface area contributed by atoms with E-state index in [0.717, 1.165) is 23.5 Å². The summed E-state index contributed by atoms with van der Waals surface area (Å²) < 4.78 is 2.13. The van der Waals surface area contributed by atoms with E-state index in [9.17, 15) is 0 Å². The summed E-state index contributed by atoms with van der Waals surface area (Å²) in [6.45, 7) is 2.84. The van der Waals surface area contributed by atoms with Gasteiger partial charge in [-0.15, -0.1) is 0 Å². The van der Waals surface area contributed by atoms with Crippen LogP contribution < -0.4 is 0 Å². The first kappa shape index (κ1) is 13.1. The fraction of sp³-hybridized carbons (Fsp3) is 0.111. The van der Waals surface area contributed by atoms with E-state index in [0.29, 0.717) is 5.56 Å². The summed E-state index contributed by atoms with van der Waals surface area (Å²) in [4.78, 5) is 4.49. The van der Waals surface area contributed by atoms with E-state index in [1.165, 1.54) is 5.56 Å². The highest BCUT2D eigenvalue weighted by atomic mass is 15.1. The third kappa shape index (κ3) is 2.70. The second-order valence-corrected chi connectivity index (χ2v) is 5.00. The molecule has 0 aliphatic heterocycles. The predicted molar refractivity (Wildman–Crippen MR) is 82.7 cm³/mol. The summed E-state index contributed by atoms with van der Waals surface area (Å²) in [7, 11) is 0. The topological polar surface area (TPSA) is 41.6 Å². The van der Waals surface area contributed by atoms with E-state index in [2.05, 4.69) is 34.7 Å². The maximum absolute atomic E-state index is 8.84. The maximum atomic E-state index is 8.84. The normalized spacial score (nSPS) is 10.3. The Labute approximate surface area is 124 Å². The SMILES string of the molecule is Cc1ccccc1-c1nccn1Cc1ccc(C#N)cc1. The van der Waals surface area contributed by atoms with Crippen LogP contribution in [0.4, 0.5) is 0 Å². The molecule has 0 aliphatic rings. The van der Waals surface area contributed by atoms with E-state index in [1.54, 1.807) is 0 Å². The lowest BCUT2D eigenvalue weighted by Crippen LogP contribution is -2.02. The van der Waals surface area contributed by atoms with Crippen LogP contribution in [0.2, 0.25) is 0 Å². The quantitative estimate of drug-likeness (QED) is 0.728. The van der Waals surface area contributed by atoms with E-state index < -0.39 is 0 Å². The summed E-state index contributed by atoms with van der Waals surface area (Å²) in [6.07, 6.45) is 3.81. The fourth-order valence-corrected chi connectivity index (χ4v) is 2.39. The Balaban J connectivity index is 1.92. The highest BCUT2D eigenvalue weighted by Gasteiger charge is 2.08. The van der Waals surface area contributed by atoms with Crippen LogP contribution >= 0.6 is 0 Å². The number of imidazole rings is 1. The summed E-state index contributed by atoms with van der Waals surface area (Å²) in [6, 6.07) is 18.1. The Bertz CT molecular complexity index is 792. The number of aryl methyl sites for hydroxylation is 1. The van der Waals surface area contributed by atoms with Crippen molar-refractivity contribution in [3.05, 3.63) is 77.6 Å². The zero-order valence-electron chi connectivity index (χ0n) is 11.8. The molecule has 1 aromatic heterocycles. The second kappa shape index (κ2) is 5.64. The smallest absolute Gasteiger partial charge is 0.140 e. The van der Waals surface area contributed by atoms with Crippen LogP contribution in [0.3, 0.4) is 0 Å². The van der Waals surface area contributed by atoms with Crippen molar-refractivity contribution in [1.82, 2.24) is 9.55 Å². The Hall–Kier alpha value is -2.86. The van der Waals surface area contributed by atoms with Crippen LogP contribution in [0.25, 0.3) is 11.4 Å². The summed E-state index contributed by atoms with van der Waals surface area (Å²) in [5.74, 6) is 0.970. The first-order valence-electron chi connectivity index (χ1n) is 6.84. The number of rotatable bonds is 3. The number of benzene rings is 2. The molecule has 0 saturated carbocycles. The van der Waals surface area contributed by atoms with Crippen molar-refractivity contribution in [2.75, 3.05) is 0 Å². The number of aromatic nitrogens is 2. The zero-order chi connectivity index (χ0) is 14.7. The van der Waals surface area contributed by atoms with Gasteiger partial charge in [-0.2, -0.15) is 5.26 Å². The number of nitriles is 1. The standard InChI is InChI=1S/C18H15N3/c1-14-4-2-3-5-17(14)18-20-10-11-21(18)13-16-8-6-15(12-19)7-9-16/h2-11H,13H2,1H3. The molecule has 0 spiro atoms. The van der Waals surface area contributed by atoms with E-state index in [1.807, 2.05) is 48.8 Å². The van der Waals surface area contributed by atoms with E-state index in [-0.39, 0.29) is 0 Å². The molecule has 0 radical (unpaired) electrons. The Morgan fingerprint density at radius 3 is 2.57 bits per heavy atom. The van der Waals surface area contributed by atoms with Crippen molar-refractivity contribution in [3.8, 4) is 17.5 Å². The zero-order valence-corrected chi connectivity index (χ0v) is 11.8. The van der Waals surface area contributed by atoms with Gasteiger partial charge in [-0.05, 0) is 30.2 Å². The average Bonchev–Trinajstić information content (AvgIpc) is 2.96. The van der Waals surface area contributed by atoms with Crippen molar-refractivity contribution in [3.63, 3.8) is 0 Å². The van der Waals surface area contributed by atoms with Crippen molar-refractivity contribution in [1.29, 1.82) is 5.26 Å². The molecule has 3 nitrogen and oxygen atoms in total. The highest BCUT2D eigenvalue weighted by Crippen LogP contribution is 2.22. The minimum atomic E-state index is 0.684. The van der Waals surface area contributed by atoms with Gasteiger partial charge in [-0.25, -0.2) is 4.98 Å². The minimum Gasteiger partial charge on any atom is -0.327 e. The van der Waals surface area contributed by atoms with Gasteiger partial charge in [0.15, 0.2) is 0 Å². The van der Waals surface area contributed by atoms with Crippen LogP contribution in [0.15, 0.2) is 60.9 Å². The van der Waals surface area contributed by atoms with Crippen LogP contribution in [0.1, 0.15) is 16.7 Å². The fourth-order valence-electron chi connectivity index (χ4n) is 2.39. The molecule has 0 amide bonds. The van der Waals surface area contributed by atoms with Crippen LogP contribution in [-0.2, 0) is 6.54 Å². The lowest BCUT2D eigenvalue weighted by molar-refractivity contribution is 0.806. The lowest BCUT2D eigenvalue weighted by Gasteiger charge is -2.10. The molecule has 0 atom stereocenters. The summed E-state index contributed by atoms with van der Waals surface area (Å²) in [5.41, 5.74) is 4.20. The largest absolute Gasteiger partial charge is 0.327 e. The van der Waals surface area contributed by atoms with Gasteiger partial charge in [-0.3, -0.25) is 0 Å². The molecule has 3 heteroatoms. The molecule has 1 heterocycles. The molecular formula is C18H15N3. The number of hydrogen-bond acceptors (Lipinski definition) is 2. The van der Waals surface area contributed by atoms with E-state index >= 15 is 0 Å². The minimum absolute atomic E-state index is 0.684. The van der Waals surface area contributed by atoms with Gasteiger partial charge >= 0.3 is 0 Å². The number of nitrogens with zero attached hydrogens (tertiary/aromatic N) is 3. The van der Waals surface area contributed by atoms with Crippen molar-refractivity contribution in [2.45, 2.75) is 13.5 Å². The first-order chi connectivity index (χ1) is 10.3. The molecule has 0 fully saturated rings. The molecule has 0 saturated heterocycles. The summed E-state index contributed by atoms with van der Waals surface area (Å²) >= 11 is 0. The molecule has 0 bridgehead atoms. The molecule has 102 valence electrons. The molecule has 0 aliphatic carbocycles. The van der Waals surface area contributed by atoms with Gasteiger partial charge in [0, 0.05) is 24.5 Å². The second-order valence-electron chi connectivity index (χ2n) is 5.00. The molecule has 2 aromatic carbocycles. The van der Waals surface area contributed by atoms with Gasteiger partial charge in [0.2, 0.25) is 0 Å². The Morgan fingerprint density at radius 2 is 1.86 bits per heavy atom. The molecule has 0 N–H and O–H groups in total. The van der Waals surface area contributed by atoms with Crippen LogP contribution in [0.5, 0.6) is 0 Å². The lowest BCUT2D eigenvalue weighted by atomic mass is 10.1. The predicted octanol–water partition coefficient (Wildman–Crippen LogP) is 3.78. The van der Waals surface area contributed by atoms with Crippen LogP contribution in [-0.4, -0.2) is 9.55 Å². The van der Waals surface area contributed by atoms with Crippen molar-refractivity contribution >= 4 is 0 Å². The molecular weight excluding hydrogens is 258 g/mol. The third-order valence-corrected chi connectivity index (χ3v) is 3.54. The molecule has 3 aromatic rings. The molecule has 3 rings (SSSR count). The van der Waals surface area contributed by atoms with Gasteiger partial charge in [0.05, 0.1) is 11.6 Å². The molecule has 21 heavy (non-hydrogen) atoms. The van der Waals surface area contributed by atoms with Gasteiger partial charge in [-0.1, -0.05) is 36.4 Å². The maximum Gasteiger partial charge on any atom is 0.140 e. The number of hydrogen-bond donors (Lipinski definition) is 0. The molecule has 0 unspecified atom stereocenters. The van der Waals surface area contributed by atoms with Crippen LogP contribution in [0, 0.1) is 18.3 Å². The average molecular weight is 273 g/mol. The van der Waals surface area contributed by atoms with Gasteiger partial charge in [0.25, 0.3) is 0 Å². The first-order valence-corrected chi connectivity index (χ1v) is 6.84. The van der Waals surface area contributed by atoms with Crippen molar-refractivity contribution in [2.24, 2.45) is 0 Å². The van der Waals surface area contributed by atoms with Crippen molar-refractivity contribution < 1.29 is 0 Å². The van der Waals surface area contributed by atoms with Gasteiger partial charge < -0.3 is 4.57 Å². The Kier molecular flexibility index (Phi) is 3.53. The third-order valence-electron chi connectivity index (χ3n) is 3.54. The summed E-state index contributed by atoms with van der Waals surface area (Å²) in [5, 5.41) is 8.84. The monoisotopic (exact) mass is 273 g/mol. The Morgan fingerprint density at radius 1 is 1.10 bits per heavy atom. The van der Waals surface area contributed by atoms with Gasteiger partial charge in [0.1, 0.15) is 5.82 Å².